The number of carbonyl (C=O) groups is 1. The summed E-state index contributed by atoms with van der Waals surface area (Å²) in [6.45, 7) is 6.56. The van der Waals surface area contributed by atoms with Crippen LogP contribution in [0.2, 0.25) is 0 Å². The predicted octanol–water partition coefficient (Wildman–Crippen LogP) is 2.41. The smallest absolute Gasteiger partial charge is 0.251 e. The first-order valence-electron chi connectivity index (χ1n) is 7.68. The molecule has 0 bridgehead atoms. The van der Waals surface area contributed by atoms with Gasteiger partial charge >= 0.3 is 0 Å². The fourth-order valence-corrected chi connectivity index (χ4v) is 4.47. The second-order valence-electron chi connectivity index (χ2n) is 5.18. The van der Waals surface area contributed by atoms with E-state index in [-0.39, 0.29) is 10.8 Å². The van der Waals surface area contributed by atoms with Crippen LogP contribution in [0.25, 0.3) is 0 Å². The number of amides is 1. The molecule has 0 saturated carbocycles. The summed E-state index contributed by atoms with van der Waals surface area (Å²) in [5.74, 6) is -0.320. The van der Waals surface area contributed by atoms with E-state index >= 15 is 0 Å². The fourth-order valence-electron chi connectivity index (χ4n) is 2.25. The molecular formula is C16H21N3O3S2. The number of hydrogen-bond acceptors (Lipinski definition) is 5. The van der Waals surface area contributed by atoms with Crippen molar-refractivity contribution in [1.82, 2.24) is 14.6 Å². The maximum absolute atomic E-state index is 12.5. The Kier molecular flexibility index (Phi) is 6.09. The molecule has 1 aromatic heterocycles. The third-order valence-electron chi connectivity index (χ3n) is 3.51. The van der Waals surface area contributed by atoms with Gasteiger partial charge in [-0.25, -0.2) is 13.4 Å². The van der Waals surface area contributed by atoms with Gasteiger partial charge in [-0.15, -0.1) is 11.3 Å². The van der Waals surface area contributed by atoms with Crippen LogP contribution in [0.1, 0.15) is 34.9 Å². The molecule has 6 nitrogen and oxygen atoms in total. The molecule has 0 fully saturated rings. The van der Waals surface area contributed by atoms with Crippen molar-refractivity contribution >= 4 is 27.3 Å². The van der Waals surface area contributed by atoms with E-state index in [1.165, 1.54) is 27.8 Å². The van der Waals surface area contributed by atoms with Crippen LogP contribution in [0.3, 0.4) is 0 Å². The van der Waals surface area contributed by atoms with Crippen LogP contribution in [-0.4, -0.2) is 36.7 Å². The molecule has 0 radical (unpaired) electrons. The standard InChI is InChI=1S/C16H21N3O3S2/c1-4-19(5-2)24(21,22)14-8-6-7-13(9-14)16(20)17-10-15-18-12(3)11-23-15/h6-9,11H,4-5,10H2,1-3H3,(H,17,20). The van der Waals surface area contributed by atoms with Gasteiger partial charge in [0.15, 0.2) is 0 Å². The van der Waals surface area contributed by atoms with Gasteiger partial charge in [0.2, 0.25) is 10.0 Å². The Balaban J connectivity index is 2.16. The van der Waals surface area contributed by atoms with E-state index in [9.17, 15) is 13.2 Å². The number of nitrogens with zero attached hydrogens (tertiary/aromatic N) is 2. The average molecular weight is 367 g/mol. The Bertz CT molecular complexity index is 811. The third-order valence-corrected chi connectivity index (χ3v) is 6.52. The first kappa shape index (κ1) is 18.6. The summed E-state index contributed by atoms with van der Waals surface area (Å²) in [7, 11) is -3.58. The van der Waals surface area contributed by atoms with Crippen molar-refractivity contribution in [3.8, 4) is 0 Å². The maximum atomic E-state index is 12.5. The second-order valence-corrected chi connectivity index (χ2v) is 8.06. The second kappa shape index (κ2) is 7.87. The van der Waals surface area contributed by atoms with Gasteiger partial charge in [-0.3, -0.25) is 4.79 Å². The molecule has 1 heterocycles. The van der Waals surface area contributed by atoms with Crippen molar-refractivity contribution in [2.75, 3.05) is 13.1 Å². The molecule has 1 aromatic carbocycles. The van der Waals surface area contributed by atoms with Gasteiger partial charge in [-0.2, -0.15) is 4.31 Å². The van der Waals surface area contributed by atoms with Crippen molar-refractivity contribution in [2.45, 2.75) is 32.2 Å². The quantitative estimate of drug-likeness (QED) is 0.815. The highest BCUT2D eigenvalue weighted by molar-refractivity contribution is 7.89. The Morgan fingerprint density at radius 2 is 2.00 bits per heavy atom. The zero-order valence-electron chi connectivity index (χ0n) is 13.9. The van der Waals surface area contributed by atoms with E-state index in [0.29, 0.717) is 25.2 Å². The van der Waals surface area contributed by atoms with Gasteiger partial charge in [-0.05, 0) is 25.1 Å². The maximum Gasteiger partial charge on any atom is 0.251 e. The molecule has 24 heavy (non-hydrogen) atoms. The Hall–Kier alpha value is -1.77. The van der Waals surface area contributed by atoms with Gasteiger partial charge in [0, 0.05) is 29.7 Å². The molecule has 8 heteroatoms. The fraction of sp³-hybridized carbons (Fsp3) is 0.375. The van der Waals surface area contributed by atoms with Crippen molar-refractivity contribution in [3.63, 3.8) is 0 Å². The Morgan fingerprint density at radius 1 is 1.29 bits per heavy atom. The summed E-state index contributed by atoms with van der Waals surface area (Å²) >= 11 is 1.48. The molecule has 0 aliphatic rings. The Labute approximate surface area is 146 Å². The third kappa shape index (κ3) is 4.19. The van der Waals surface area contributed by atoms with E-state index in [4.69, 9.17) is 0 Å². The van der Waals surface area contributed by atoms with Crippen LogP contribution in [0, 0.1) is 6.92 Å². The molecule has 1 N–H and O–H groups in total. The van der Waals surface area contributed by atoms with E-state index < -0.39 is 10.0 Å². The Morgan fingerprint density at radius 3 is 2.58 bits per heavy atom. The average Bonchev–Trinajstić information content (AvgIpc) is 2.99. The van der Waals surface area contributed by atoms with Gasteiger partial charge in [0.25, 0.3) is 5.91 Å². The van der Waals surface area contributed by atoms with E-state index in [1.807, 2.05) is 12.3 Å². The van der Waals surface area contributed by atoms with E-state index in [0.717, 1.165) is 10.7 Å². The molecule has 0 atom stereocenters. The molecular weight excluding hydrogens is 346 g/mol. The summed E-state index contributed by atoms with van der Waals surface area (Å²) < 4.78 is 26.4. The molecule has 0 aliphatic carbocycles. The van der Waals surface area contributed by atoms with Crippen LogP contribution in [0.15, 0.2) is 34.5 Å². The number of hydrogen-bond donors (Lipinski definition) is 1. The molecule has 130 valence electrons. The van der Waals surface area contributed by atoms with Crippen molar-refractivity contribution in [3.05, 3.63) is 45.9 Å². The SMILES string of the molecule is CCN(CC)S(=O)(=O)c1cccc(C(=O)NCc2nc(C)cs2)c1. The van der Waals surface area contributed by atoms with Crippen LogP contribution in [0.5, 0.6) is 0 Å². The molecule has 0 unspecified atom stereocenters. The highest BCUT2D eigenvalue weighted by Crippen LogP contribution is 2.17. The number of thiazole rings is 1. The number of aryl methyl sites for hydroxylation is 1. The minimum absolute atomic E-state index is 0.129. The number of rotatable bonds is 7. The van der Waals surface area contributed by atoms with Crippen molar-refractivity contribution in [1.29, 1.82) is 0 Å². The van der Waals surface area contributed by atoms with Gasteiger partial charge in [0.05, 0.1) is 11.4 Å². The highest BCUT2D eigenvalue weighted by Gasteiger charge is 2.22. The first-order chi connectivity index (χ1) is 11.4. The number of aromatic nitrogens is 1. The monoisotopic (exact) mass is 367 g/mol. The van der Waals surface area contributed by atoms with E-state index in [1.54, 1.807) is 26.0 Å². The minimum Gasteiger partial charge on any atom is -0.346 e. The number of benzene rings is 1. The molecule has 0 saturated heterocycles. The zero-order valence-corrected chi connectivity index (χ0v) is 15.6. The summed E-state index contributed by atoms with van der Waals surface area (Å²) in [4.78, 5) is 16.7. The van der Waals surface area contributed by atoms with Crippen LogP contribution < -0.4 is 5.32 Å². The lowest BCUT2D eigenvalue weighted by molar-refractivity contribution is 0.0950. The topological polar surface area (TPSA) is 79.4 Å². The lowest BCUT2D eigenvalue weighted by atomic mass is 10.2. The first-order valence-corrected chi connectivity index (χ1v) is 9.99. The van der Waals surface area contributed by atoms with Gasteiger partial charge in [-0.1, -0.05) is 19.9 Å². The van der Waals surface area contributed by atoms with Crippen molar-refractivity contribution < 1.29 is 13.2 Å². The number of nitrogens with one attached hydrogen (secondary N) is 1. The summed E-state index contributed by atoms with van der Waals surface area (Å²) in [6.07, 6.45) is 0. The summed E-state index contributed by atoms with van der Waals surface area (Å²) in [5, 5.41) is 5.49. The number of sulfonamides is 1. The molecule has 0 aliphatic heterocycles. The van der Waals surface area contributed by atoms with Crippen LogP contribution >= 0.6 is 11.3 Å². The van der Waals surface area contributed by atoms with Crippen molar-refractivity contribution in [2.24, 2.45) is 0 Å². The molecule has 0 spiro atoms. The molecule has 2 aromatic rings. The van der Waals surface area contributed by atoms with E-state index in [2.05, 4.69) is 10.3 Å². The predicted molar refractivity (Wildman–Crippen MR) is 94.6 cm³/mol. The van der Waals surface area contributed by atoms with Gasteiger partial charge < -0.3 is 5.32 Å². The lowest BCUT2D eigenvalue weighted by Gasteiger charge is -2.18. The highest BCUT2D eigenvalue weighted by atomic mass is 32.2. The zero-order chi connectivity index (χ0) is 17.7. The normalized spacial score (nSPS) is 11.7. The summed E-state index contributed by atoms with van der Waals surface area (Å²) in [5.41, 5.74) is 1.23. The van der Waals surface area contributed by atoms with Crippen LogP contribution in [0.4, 0.5) is 0 Å². The van der Waals surface area contributed by atoms with Crippen LogP contribution in [-0.2, 0) is 16.6 Å². The molecule has 2 rings (SSSR count). The summed E-state index contributed by atoms with van der Waals surface area (Å²) in [6, 6.07) is 6.10. The lowest BCUT2D eigenvalue weighted by Crippen LogP contribution is -2.31. The minimum atomic E-state index is -3.58. The van der Waals surface area contributed by atoms with Gasteiger partial charge in [0.1, 0.15) is 5.01 Å². The number of carbonyl (C=O) groups excluding carboxylic acids is 1. The largest absolute Gasteiger partial charge is 0.346 e. The molecule has 1 amide bonds.